The van der Waals surface area contributed by atoms with Crippen molar-refractivity contribution in [2.75, 3.05) is 6.61 Å². The third-order valence-electron chi connectivity index (χ3n) is 1.50. The van der Waals surface area contributed by atoms with Gasteiger partial charge in [-0.1, -0.05) is 11.6 Å². The summed E-state index contributed by atoms with van der Waals surface area (Å²) in [5.41, 5.74) is 0. The first kappa shape index (κ1) is 12.6. The molecule has 0 aliphatic heterocycles. The fraction of sp³-hybridized carbons (Fsp3) is 0.222. The highest BCUT2D eigenvalue weighted by atomic mass is 79.9. The van der Waals surface area contributed by atoms with Crippen LogP contribution < -0.4 is 4.74 Å². The number of alkyl halides is 1. The van der Waals surface area contributed by atoms with Gasteiger partial charge in [-0.25, -0.2) is 4.39 Å². The zero-order valence-electron chi connectivity index (χ0n) is 7.31. The molecule has 1 rings (SSSR count). The van der Waals surface area contributed by atoms with Crippen LogP contribution in [0.25, 0.3) is 0 Å². The van der Waals surface area contributed by atoms with E-state index in [1.165, 1.54) is 6.07 Å². The Morgan fingerprint density at radius 1 is 1.60 bits per heavy atom. The minimum atomic E-state index is -0.768. The van der Waals surface area contributed by atoms with E-state index in [-0.39, 0.29) is 17.4 Å². The molecule has 15 heavy (non-hydrogen) atoms. The van der Waals surface area contributed by atoms with Gasteiger partial charge in [0.05, 0.1) is 15.6 Å². The maximum atomic E-state index is 13.0. The van der Waals surface area contributed by atoms with Crippen LogP contribution in [0.3, 0.4) is 0 Å². The normalized spacial score (nSPS) is 11.9. The fourth-order valence-electron chi connectivity index (χ4n) is 0.815. The SMILES string of the molecule is N#CC(Cl)COc1cc(F)c(Cl)cc1Br. The Kier molecular flexibility index (Phi) is 4.65. The van der Waals surface area contributed by atoms with Gasteiger partial charge in [0, 0.05) is 6.07 Å². The van der Waals surface area contributed by atoms with Gasteiger partial charge in [-0.15, -0.1) is 11.6 Å². The smallest absolute Gasteiger partial charge is 0.154 e. The Labute approximate surface area is 105 Å². The number of nitrogens with zero attached hydrogens (tertiary/aromatic N) is 1. The van der Waals surface area contributed by atoms with E-state index in [2.05, 4.69) is 15.9 Å². The summed E-state index contributed by atoms with van der Waals surface area (Å²) < 4.78 is 18.7. The van der Waals surface area contributed by atoms with Gasteiger partial charge in [-0.2, -0.15) is 5.26 Å². The van der Waals surface area contributed by atoms with Crippen LogP contribution in [0.4, 0.5) is 4.39 Å². The van der Waals surface area contributed by atoms with Crippen LogP contribution >= 0.6 is 39.1 Å². The Hall–Kier alpha value is -0.500. The van der Waals surface area contributed by atoms with Crippen molar-refractivity contribution < 1.29 is 9.13 Å². The average Bonchev–Trinajstić information content (AvgIpc) is 2.21. The Morgan fingerprint density at radius 3 is 2.87 bits per heavy atom. The highest BCUT2D eigenvalue weighted by Crippen LogP contribution is 2.30. The molecule has 0 heterocycles. The molecule has 6 heteroatoms. The molecular formula is C9H5BrCl2FNO. The van der Waals surface area contributed by atoms with Crippen LogP contribution in [0.1, 0.15) is 0 Å². The van der Waals surface area contributed by atoms with Gasteiger partial charge in [0.2, 0.25) is 0 Å². The molecule has 0 aliphatic rings. The molecule has 0 aromatic heterocycles. The molecule has 0 bridgehead atoms. The lowest BCUT2D eigenvalue weighted by atomic mass is 10.3. The lowest BCUT2D eigenvalue weighted by Gasteiger charge is -2.08. The van der Waals surface area contributed by atoms with E-state index in [4.69, 9.17) is 33.2 Å². The van der Waals surface area contributed by atoms with Crippen LogP contribution in [-0.2, 0) is 0 Å². The molecule has 1 aromatic rings. The van der Waals surface area contributed by atoms with Crippen LogP contribution in [0, 0.1) is 17.1 Å². The number of nitriles is 1. The van der Waals surface area contributed by atoms with Gasteiger partial charge in [-0.05, 0) is 22.0 Å². The molecule has 1 aromatic carbocycles. The standard InChI is InChI=1S/C9H5BrCl2FNO/c10-6-1-7(12)8(13)2-9(6)15-4-5(11)3-14/h1-2,5H,4H2. The van der Waals surface area contributed by atoms with E-state index in [9.17, 15) is 4.39 Å². The first-order chi connectivity index (χ1) is 7.04. The molecule has 2 nitrogen and oxygen atoms in total. The summed E-state index contributed by atoms with van der Waals surface area (Å²) in [6.07, 6.45) is 0. The second-order valence-corrected chi connectivity index (χ2v) is 4.39. The quantitative estimate of drug-likeness (QED) is 0.629. The van der Waals surface area contributed by atoms with Gasteiger partial charge in [-0.3, -0.25) is 0 Å². The van der Waals surface area contributed by atoms with E-state index in [0.717, 1.165) is 6.07 Å². The number of hydrogen-bond donors (Lipinski definition) is 0. The van der Waals surface area contributed by atoms with Gasteiger partial charge < -0.3 is 4.74 Å². The van der Waals surface area contributed by atoms with Gasteiger partial charge in [0.25, 0.3) is 0 Å². The highest BCUT2D eigenvalue weighted by molar-refractivity contribution is 9.10. The zero-order chi connectivity index (χ0) is 11.4. The third-order valence-corrected chi connectivity index (χ3v) is 2.63. The molecule has 1 unspecified atom stereocenters. The summed E-state index contributed by atoms with van der Waals surface area (Å²) in [7, 11) is 0. The molecule has 0 saturated heterocycles. The lowest BCUT2D eigenvalue weighted by molar-refractivity contribution is 0.325. The Morgan fingerprint density at radius 2 is 2.27 bits per heavy atom. The molecule has 0 radical (unpaired) electrons. The van der Waals surface area contributed by atoms with E-state index < -0.39 is 11.2 Å². The largest absolute Gasteiger partial charge is 0.490 e. The highest BCUT2D eigenvalue weighted by Gasteiger charge is 2.10. The second kappa shape index (κ2) is 5.55. The molecule has 0 saturated carbocycles. The maximum absolute atomic E-state index is 13.0. The van der Waals surface area contributed by atoms with Crippen molar-refractivity contribution in [3.05, 3.63) is 27.4 Å². The van der Waals surface area contributed by atoms with Crippen molar-refractivity contribution in [1.29, 1.82) is 5.26 Å². The van der Waals surface area contributed by atoms with Crippen LogP contribution in [0.15, 0.2) is 16.6 Å². The van der Waals surface area contributed by atoms with Crippen molar-refractivity contribution in [2.24, 2.45) is 0 Å². The maximum Gasteiger partial charge on any atom is 0.154 e. The van der Waals surface area contributed by atoms with Gasteiger partial charge in [0.15, 0.2) is 5.38 Å². The summed E-state index contributed by atoms with van der Waals surface area (Å²) in [6, 6.07) is 4.30. The van der Waals surface area contributed by atoms with E-state index in [0.29, 0.717) is 4.47 Å². The molecule has 0 amide bonds. The predicted molar refractivity (Wildman–Crippen MR) is 59.9 cm³/mol. The number of rotatable bonds is 3. The van der Waals surface area contributed by atoms with Crippen LogP contribution in [-0.4, -0.2) is 12.0 Å². The third kappa shape index (κ3) is 3.53. The lowest BCUT2D eigenvalue weighted by Crippen LogP contribution is -2.09. The minimum Gasteiger partial charge on any atom is -0.490 e. The summed E-state index contributed by atoms with van der Waals surface area (Å²) in [6.45, 7) is -0.0161. The Balaban J connectivity index is 2.78. The number of hydrogen-bond acceptors (Lipinski definition) is 2. The number of halogens is 4. The topological polar surface area (TPSA) is 33.0 Å². The van der Waals surface area contributed by atoms with E-state index >= 15 is 0 Å². The van der Waals surface area contributed by atoms with Gasteiger partial charge in [0.1, 0.15) is 18.2 Å². The van der Waals surface area contributed by atoms with Crippen LogP contribution in [0.2, 0.25) is 5.02 Å². The monoisotopic (exact) mass is 311 g/mol. The zero-order valence-corrected chi connectivity index (χ0v) is 10.4. The fourth-order valence-corrected chi connectivity index (χ4v) is 1.63. The molecule has 80 valence electrons. The molecule has 0 aliphatic carbocycles. The Bertz CT molecular complexity index is 408. The first-order valence-corrected chi connectivity index (χ1v) is 5.46. The number of ether oxygens (including phenoxy) is 1. The van der Waals surface area contributed by atoms with Crippen molar-refractivity contribution in [2.45, 2.75) is 5.38 Å². The van der Waals surface area contributed by atoms with Crippen molar-refractivity contribution in [3.63, 3.8) is 0 Å². The molecule has 1 atom stereocenters. The number of benzene rings is 1. The second-order valence-electron chi connectivity index (χ2n) is 2.60. The summed E-state index contributed by atoms with van der Waals surface area (Å²) in [5.74, 6) is -0.323. The van der Waals surface area contributed by atoms with Crippen LogP contribution in [0.5, 0.6) is 5.75 Å². The molecule has 0 spiro atoms. The summed E-state index contributed by atoms with van der Waals surface area (Å²) in [4.78, 5) is 0. The molecule has 0 fully saturated rings. The van der Waals surface area contributed by atoms with E-state index in [1.54, 1.807) is 6.07 Å². The van der Waals surface area contributed by atoms with Crippen molar-refractivity contribution in [1.82, 2.24) is 0 Å². The molecular weight excluding hydrogens is 308 g/mol. The summed E-state index contributed by atoms with van der Waals surface area (Å²) in [5, 5.41) is 7.64. The first-order valence-electron chi connectivity index (χ1n) is 3.85. The van der Waals surface area contributed by atoms with Gasteiger partial charge >= 0.3 is 0 Å². The average molecular weight is 313 g/mol. The van der Waals surface area contributed by atoms with E-state index in [1.807, 2.05) is 0 Å². The minimum absolute atomic E-state index is 0.00284. The predicted octanol–water partition coefficient (Wildman–Crippen LogP) is 3.75. The summed E-state index contributed by atoms with van der Waals surface area (Å²) >= 11 is 14.2. The van der Waals surface area contributed by atoms with Crippen molar-refractivity contribution in [3.8, 4) is 11.8 Å². The molecule has 0 N–H and O–H groups in total. The van der Waals surface area contributed by atoms with Crippen molar-refractivity contribution >= 4 is 39.1 Å².